The second-order valence-electron chi connectivity index (χ2n) is 6.82. The van der Waals surface area contributed by atoms with Gasteiger partial charge in [-0.1, -0.05) is 30.3 Å². The molecule has 2 aromatic heterocycles. The number of nitrogens with zero attached hydrogens (tertiary/aromatic N) is 4. The third-order valence-electron chi connectivity index (χ3n) is 5.01. The molecule has 1 aliphatic rings. The standard InChI is InChI=1S/C21H15N5O3.C2H3N/c1-22-21(29)25-10-13(12-6-2-4-8-15(12)25)17-18(20(28)24-19(17)27)26-11-23-14-7-3-5-9-16(14)26;1-2-3/h2-11H,1H3,(H,22,29)(H,24,27,28);1H3. The normalized spacial score (nSPS) is 13.0. The van der Waals surface area contributed by atoms with E-state index in [1.54, 1.807) is 22.9 Å². The van der Waals surface area contributed by atoms with Crippen LogP contribution in [0.4, 0.5) is 4.79 Å². The maximum absolute atomic E-state index is 12.8. The van der Waals surface area contributed by atoms with Gasteiger partial charge in [0.1, 0.15) is 12.0 Å². The molecular weight excluding hydrogens is 408 g/mol. The van der Waals surface area contributed by atoms with Crippen LogP contribution in [0.3, 0.4) is 0 Å². The highest BCUT2D eigenvalue weighted by Gasteiger charge is 2.35. The lowest BCUT2D eigenvalue weighted by molar-refractivity contribution is -0.122. The number of fused-ring (bicyclic) bond motifs is 2. The van der Waals surface area contributed by atoms with Crippen LogP contribution in [0.15, 0.2) is 61.1 Å². The first-order valence-corrected chi connectivity index (χ1v) is 9.67. The smallest absolute Gasteiger partial charge is 0.325 e. The van der Waals surface area contributed by atoms with Crippen LogP contribution in [0.1, 0.15) is 12.5 Å². The fourth-order valence-electron chi connectivity index (χ4n) is 3.73. The minimum absolute atomic E-state index is 0.184. The first-order chi connectivity index (χ1) is 15.5. The summed E-state index contributed by atoms with van der Waals surface area (Å²) in [4.78, 5) is 42.2. The number of imide groups is 1. The maximum Gasteiger partial charge on any atom is 0.325 e. The van der Waals surface area contributed by atoms with Crippen LogP contribution in [0.5, 0.6) is 0 Å². The molecule has 0 saturated carbocycles. The van der Waals surface area contributed by atoms with E-state index in [1.807, 2.05) is 42.5 Å². The number of amides is 3. The molecule has 2 N–H and O–H groups in total. The third-order valence-corrected chi connectivity index (χ3v) is 5.01. The van der Waals surface area contributed by atoms with Crippen molar-refractivity contribution < 1.29 is 14.4 Å². The molecule has 0 aliphatic carbocycles. The summed E-state index contributed by atoms with van der Waals surface area (Å²) in [5.74, 6) is -1.02. The topological polar surface area (TPSA) is 122 Å². The lowest BCUT2D eigenvalue weighted by atomic mass is 10.0. The quantitative estimate of drug-likeness (QED) is 0.477. The Labute approximate surface area is 182 Å². The molecule has 0 atom stereocenters. The van der Waals surface area contributed by atoms with Gasteiger partial charge in [0.15, 0.2) is 0 Å². The Hall–Kier alpha value is -4.71. The Balaban J connectivity index is 0.000000775. The Morgan fingerprint density at radius 3 is 2.44 bits per heavy atom. The van der Waals surface area contributed by atoms with Crippen molar-refractivity contribution >= 4 is 51.1 Å². The second-order valence-corrected chi connectivity index (χ2v) is 6.82. The van der Waals surface area contributed by atoms with Crippen molar-refractivity contribution in [2.45, 2.75) is 6.92 Å². The Morgan fingerprint density at radius 2 is 1.72 bits per heavy atom. The number of nitriles is 1. The average molecular weight is 426 g/mol. The highest BCUT2D eigenvalue weighted by molar-refractivity contribution is 6.47. The van der Waals surface area contributed by atoms with Crippen LogP contribution in [0.25, 0.3) is 33.2 Å². The average Bonchev–Trinajstić information content (AvgIpc) is 3.46. The summed E-state index contributed by atoms with van der Waals surface area (Å²) in [6, 6.07) is 16.0. The molecule has 0 unspecified atom stereocenters. The molecule has 3 amide bonds. The van der Waals surface area contributed by atoms with Crippen LogP contribution in [0.2, 0.25) is 0 Å². The number of para-hydroxylation sites is 3. The van der Waals surface area contributed by atoms with Crippen molar-refractivity contribution in [3.63, 3.8) is 0 Å². The van der Waals surface area contributed by atoms with E-state index in [0.717, 1.165) is 0 Å². The van der Waals surface area contributed by atoms with E-state index in [9.17, 15) is 14.4 Å². The molecule has 3 heterocycles. The third kappa shape index (κ3) is 3.20. The van der Waals surface area contributed by atoms with Crippen molar-refractivity contribution in [2.75, 3.05) is 7.05 Å². The van der Waals surface area contributed by atoms with Gasteiger partial charge in [0.05, 0.1) is 28.2 Å². The summed E-state index contributed by atoms with van der Waals surface area (Å²) in [7, 11) is 1.53. The number of rotatable bonds is 2. The van der Waals surface area contributed by atoms with Crippen molar-refractivity contribution in [1.29, 1.82) is 5.26 Å². The molecule has 9 heteroatoms. The summed E-state index contributed by atoms with van der Waals surface area (Å²) in [5.41, 5.74) is 2.94. The van der Waals surface area contributed by atoms with Gasteiger partial charge >= 0.3 is 6.03 Å². The van der Waals surface area contributed by atoms with Gasteiger partial charge in [0.2, 0.25) is 0 Å². The van der Waals surface area contributed by atoms with E-state index < -0.39 is 11.8 Å². The summed E-state index contributed by atoms with van der Waals surface area (Å²) >= 11 is 0. The number of carbonyl (C=O) groups is 3. The number of benzene rings is 2. The van der Waals surface area contributed by atoms with E-state index in [2.05, 4.69) is 15.6 Å². The summed E-state index contributed by atoms with van der Waals surface area (Å²) in [6.45, 7) is 1.43. The molecule has 0 bridgehead atoms. The second kappa shape index (κ2) is 8.20. The summed E-state index contributed by atoms with van der Waals surface area (Å²) < 4.78 is 3.04. The number of nitrogens with one attached hydrogen (secondary N) is 2. The fourth-order valence-corrected chi connectivity index (χ4v) is 3.73. The van der Waals surface area contributed by atoms with E-state index in [1.165, 1.54) is 24.9 Å². The molecule has 1 aliphatic heterocycles. The van der Waals surface area contributed by atoms with E-state index in [0.29, 0.717) is 27.5 Å². The molecule has 0 radical (unpaired) electrons. The van der Waals surface area contributed by atoms with Crippen molar-refractivity contribution in [3.05, 3.63) is 66.6 Å². The summed E-state index contributed by atoms with van der Waals surface area (Å²) in [6.07, 6.45) is 3.10. The van der Waals surface area contributed by atoms with Gasteiger partial charge in [-0.3, -0.25) is 24.0 Å². The van der Waals surface area contributed by atoms with Crippen molar-refractivity contribution in [2.24, 2.45) is 0 Å². The highest BCUT2D eigenvalue weighted by Crippen LogP contribution is 2.34. The minimum atomic E-state index is -0.511. The Morgan fingerprint density at radius 1 is 1.06 bits per heavy atom. The van der Waals surface area contributed by atoms with Crippen LogP contribution in [-0.2, 0) is 9.59 Å². The number of hydrogen-bond donors (Lipinski definition) is 2. The predicted molar refractivity (Wildman–Crippen MR) is 119 cm³/mol. The summed E-state index contributed by atoms with van der Waals surface area (Å²) in [5, 5.41) is 13.0. The van der Waals surface area contributed by atoms with Crippen LogP contribution >= 0.6 is 0 Å². The van der Waals surface area contributed by atoms with Crippen LogP contribution < -0.4 is 10.6 Å². The molecular formula is C23H18N6O3. The van der Waals surface area contributed by atoms with Crippen molar-refractivity contribution in [3.8, 4) is 6.07 Å². The Bertz CT molecular complexity index is 1470. The number of carbonyl (C=O) groups excluding carboxylic acids is 3. The highest BCUT2D eigenvalue weighted by atomic mass is 16.2. The van der Waals surface area contributed by atoms with Gasteiger partial charge in [0.25, 0.3) is 11.8 Å². The van der Waals surface area contributed by atoms with Gasteiger partial charge in [-0.05, 0) is 18.2 Å². The maximum atomic E-state index is 12.8. The predicted octanol–water partition coefficient (Wildman–Crippen LogP) is 2.73. The molecule has 2 aromatic carbocycles. The first kappa shape index (κ1) is 20.6. The molecule has 4 aromatic rings. The molecule has 0 fully saturated rings. The zero-order valence-electron chi connectivity index (χ0n) is 17.3. The van der Waals surface area contributed by atoms with E-state index in [-0.39, 0.29) is 17.3 Å². The molecule has 9 nitrogen and oxygen atoms in total. The zero-order chi connectivity index (χ0) is 22.8. The lowest BCUT2D eigenvalue weighted by Crippen LogP contribution is -2.24. The van der Waals surface area contributed by atoms with E-state index >= 15 is 0 Å². The van der Waals surface area contributed by atoms with E-state index in [4.69, 9.17) is 5.26 Å². The fraction of sp³-hybridized carbons (Fsp3) is 0.0870. The molecule has 158 valence electrons. The molecule has 5 rings (SSSR count). The Kier molecular flexibility index (Phi) is 5.27. The monoisotopic (exact) mass is 426 g/mol. The minimum Gasteiger partial charge on any atom is -0.340 e. The van der Waals surface area contributed by atoms with Gasteiger partial charge in [-0.2, -0.15) is 5.26 Å². The van der Waals surface area contributed by atoms with Crippen molar-refractivity contribution in [1.82, 2.24) is 24.8 Å². The van der Waals surface area contributed by atoms with Gasteiger partial charge in [0, 0.05) is 31.1 Å². The SMILES string of the molecule is CC#N.CNC(=O)n1cc(C2=C(n3cnc4ccccc43)C(=O)NC2=O)c2ccccc21. The van der Waals surface area contributed by atoms with Gasteiger partial charge in [-0.25, -0.2) is 9.78 Å². The lowest BCUT2D eigenvalue weighted by Gasteiger charge is -2.06. The number of aromatic nitrogens is 3. The van der Waals surface area contributed by atoms with Crippen LogP contribution in [-0.4, -0.2) is 39.0 Å². The molecule has 0 spiro atoms. The first-order valence-electron chi connectivity index (χ1n) is 9.67. The number of hydrogen-bond acceptors (Lipinski definition) is 5. The largest absolute Gasteiger partial charge is 0.340 e. The molecule has 32 heavy (non-hydrogen) atoms. The van der Waals surface area contributed by atoms with Crippen LogP contribution in [0, 0.1) is 11.3 Å². The number of imidazole rings is 1. The zero-order valence-corrected chi connectivity index (χ0v) is 17.3. The van der Waals surface area contributed by atoms with Gasteiger partial charge in [-0.15, -0.1) is 0 Å². The van der Waals surface area contributed by atoms with Gasteiger partial charge < -0.3 is 5.32 Å². The molecule has 0 saturated heterocycles.